The molecule has 0 spiro atoms. The number of aromatic amines is 2. The predicted octanol–water partition coefficient (Wildman–Crippen LogP) is -1.50. The molecule has 0 fully saturated rings. The van der Waals surface area contributed by atoms with Crippen LogP contribution in [0.2, 0.25) is 0 Å². The Morgan fingerprint density at radius 3 is 2.81 bits per heavy atom. The topological polar surface area (TPSA) is 101 Å². The number of nitrogens with zero attached hydrogens (tertiary/aromatic N) is 2. The molecular weight excluding hydrogens is 212 g/mol. The average molecular weight is 218 g/mol. The van der Waals surface area contributed by atoms with E-state index in [0.29, 0.717) is 6.29 Å². The fraction of sp³-hybridized carbons (Fsp3) is 0.111. The number of aldehydes is 1. The number of hydrogen-bond donors (Lipinski definition) is 2. The van der Waals surface area contributed by atoms with Crippen molar-refractivity contribution in [1.29, 1.82) is 0 Å². The SMILES string of the molecule is Cn1c(=O)[nH]c(=O)c2[nH]c(C#CC=O)nc21. The first-order valence-corrected chi connectivity index (χ1v) is 4.27. The molecule has 0 unspecified atom stereocenters. The van der Waals surface area contributed by atoms with Gasteiger partial charge >= 0.3 is 5.69 Å². The van der Waals surface area contributed by atoms with Crippen molar-refractivity contribution in [2.24, 2.45) is 7.05 Å². The van der Waals surface area contributed by atoms with E-state index < -0.39 is 11.2 Å². The number of aromatic nitrogens is 4. The molecule has 7 nitrogen and oxygen atoms in total. The standard InChI is InChI=1S/C9H6N4O3/c1-13-7-6(8(15)12-9(13)16)10-5(11-7)3-2-4-14/h4H,1H3,(H,10,11)(H,12,15,16). The fourth-order valence-electron chi connectivity index (χ4n) is 1.26. The highest BCUT2D eigenvalue weighted by Crippen LogP contribution is 2.01. The molecule has 0 saturated heterocycles. The van der Waals surface area contributed by atoms with E-state index in [1.54, 1.807) is 0 Å². The summed E-state index contributed by atoms with van der Waals surface area (Å²) >= 11 is 0. The molecule has 0 saturated carbocycles. The first-order chi connectivity index (χ1) is 7.63. The highest BCUT2D eigenvalue weighted by atomic mass is 16.2. The number of H-pyrrole nitrogens is 2. The molecule has 2 rings (SSSR count). The predicted molar refractivity (Wildman–Crippen MR) is 54.9 cm³/mol. The summed E-state index contributed by atoms with van der Waals surface area (Å²) in [6, 6.07) is 0. The Balaban J connectivity index is 2.85. The van der Waals surface area contributed by atoms with Gasteiger partial charge in [0, 0.05) is 7.05 Å². The van der Waals surface area contributed by atoms with Crippen molar-refractivity contribution in [1.82, 2.24) is 19.5 Å². The molecule has 0 amide bonds. The molecule has 7 heteroatoms. The highest BCUT2D eigenvalue weighted by molar-refractivity contribution is 5.75. The van der Waals surface area contributed by atoms with Gasteiger partial charge in [0.25, 0.3) is 5.56 Å². The summed E-state index contributed by atoms with van der Waals surface area (Å²) in [5.74, 6) is 4.72. The van der Waals surface area contributed by atoms with Gasteiger partial charge in [-0.25, -0.2) is 9.78 Å². The third-order valence-corrected chi connectivity index (χ3v) is 2.00. The number of aryl methyl sites for hydroxylation is 1. The van der Waals surface area contributed by atoms with Crippen LogP contribution in [0, 0.1) is 11.8 Å². The molecule has 80 valence electrons. The third-order valence-electron chi connectivity index (χ3n) is 2.00. The maximum absolute atomic E-state index is 11.4. The van der Waals surface area contributed by atoms with Crippen LogP contribution in [0.4, 0.5) is 0 Å². The number of imidazole rings is 1. The van der Waals surface area contributed by atoms with E-state index in [4.69, 9.17) is 0 Å². The largest absolute Gasteiger partial charge is 0.329 e. The van der Waals surface area contributed by atoms with Crippen molar-refractivity contribution >= 4 is 17.5 Å². The van der Waals surface area contributed by atoms with Gasteiger partial charge < -0.3 is 4.98 Å². The van der Waals surface area contributed by atoms with Crippen molar-refractivity contribution in [3.05, 3.63) is 26.7 Å². The fourth-order valence-corrected chi connectivity index (χ4v) is 1.26. The molecule has 2 N–H and O–H groups in total. The van der Waals surface area contributed by atoms with Crippen LogP contribution < -0.4 is 11.2 Å². The first kappa shape index (κ1) is 9.92. The van der Waals surface area contributed by atoms with Crippen molar-refractivity contribution in [3.63, 3.8) is 0 Å². The van der Waals surface area contributed by atoms with Gasteiger partial charge in [-0.3, -0.25) is 19.1 Å². The maximum atomic E-state index is 11.4. The summed E-state index contributed by atoms with van der Waals surface area (Å²) < 4.78 is 1.18. The lowest BCUT2D eigenvalue weighted by atomic mass is 10.5. The van der Waals surface area contributed by atoms with E-state index in [-0.39, 0.29) is 17.0 Å². The van der Waals surface area contributed by atoms with Crippen LogP contribution in [-0.2, 0) is 11.8 Å². The van der Waals surface area contributed by atoms with Crippen molar-refractivity contribution < 1.29 is 4.79 Å². The van der Waals surface area contributed by atoms with Gasteiger partial charge in [0.2, 0.25) is 0 Å². The van der Waals surface area contributed by atoms with Crippen molar-refractivity contribution in [3.8, 4) is 11.8 Å². The lowest BCUT2D eigenvalue weighted by Gasteiger charge is -1.94. The van der Waals surface area contributed by atoms with Gasteiger partial charge in [0.05, 0.1) is 0 Å². The van der Waals surface area contributed by atoms with Gasteiger partial charge in [0.1, 0.15) is 0 Å². The molecule has 2 aromatic rings. The van der Waals surface area contributed by atoms with Crippen molar-refractivity contribution in [2.45, 2.75) is 0 Å². The van der Waals surface area contributed by atoms with Gasteiger partial charge in [-0.15, -0.1) is 0 Å². The lowest BCUT2D eigenvalue weighted by molar-refractivity contribution is -0.103. The Morgan fingerprint density at radius 2 is 2.12 bits per heavy atom. The molecule has 0 radical (unpaired) electrons. The zero-order chi connectivity index (χ0) is 11.7. The van der Waals surface area contributed by atoms with Crippen LogP contribution in [0.1, 0.15) is 5.82 Å². The zero-order valence-corrected chi connectivity index (χ0v) is 8.20. The van der Waals surface area contributed by atoms with Crippen LogP contribution in [0.25, 0.3) is 11.2 Å². The normalized spacial score (nSPS) is 9.81. The summed E-state index contributed by atoms with van der Waals surface area (Å²) in [6.07, 6.45) is 0.413. The molecule has 0 aliphatic rings. The Hall–Kier alpha value is -2.62. The number of carbonyl (C=O) groups excluding carboxylic acids is 1. The van der Waals surface area contributed by atoms with E-state index in [1.807, 2.05) is 0 Å². The smallest absolute Gasteiger partial charge is 0.325 e. The van der Waals surface area contributed by atoms with E-state index in [2.05, 4.69) is 26.8 Å². The number of rotatable bonds is 0. The molecule has 0 aliphatic carbocycles. The minimum absolute atomic E-state index is 0.150. The number of nitrogens with one attached hydrogen (secondary N) is 2. The summed E-state index contributed by atoms with van der Waals surface area (Å²) in [7, 11) is 1.47. The van der Waals surface area contributed by atoms with Crippen LogP contribution in [0.5, 0.6) is 0 Å². The van der Waals surface area contributed by atoms with Gasteiger partial charge in [-0.1, -0.05) is 0 Å². The average Bonchev–Trinajstić information content (AvgIpc) is 2.68. The van der Waals surface area contributed by atoms with Gasteiger partial charge in [-0.05, 0) is 11.8 Å². The number of hydrogen-bond acceptors (Lipinski definition) is 4. The molecule has 16 heavy (non-hydrogen) atoms. The second kappa shape index (κ2) is 3.51. The molecule has 0 atom stereocenters. The molecule has 0 aromatic carbocycles. The monoisotopic (exact) mass is 218 g/mol. The summed E-state index contributed by atoms with van der Waals surface area (Å²) in [4.78, 5) is 41.3. The van der Waals surface area contributed by atoms with Crippen LogP contribution in [-0.4, -0.2) is 25.8 Å². The Bertz CT molecular complexity index is 738. The summed E-state index contributed by atoms with van der Waals surface area (Å²) in [5.41, 5.74) is -0.773. The van der Waals surface area contributed by atoms with Gasteiger partial charge in [-0.2, -0.15) is 0 Å². The Morgan fingerprint density at radius 1 is 1.38 bits per heavy atom. The van der Waals surface area contributed by atoms with E-state index >= 15 is 0 Å². The molecule has 2 aromatic heterocycles. The van der Waals surface area contributed by atoms with Crippen LogP contribution in [0.3, 0.4) is 0 Å². The van der Waals surface area contributed by atoms with E-state index in [9.17, 15) is 14.4 Å². The summed E-state index contributed by atoms with van der Waals surface area (Å²) in [5, 5.41) is 0. The van der Waals surface area contributed by atoms with E-state index in [0.717, 1.165) is 0 Å². The van der Waals surface area contributed by atoms with Crippen LogP contribution >= 0.6 is 0 Å². The number of fused-ring (bicyclic) bond motifs is 1. The minimum atomic E-state index is -0.565. The quantitative estimate of drug-likeness (QED) is 0.415. The Labute approximate surface area is 88.1 Å². The molecule has 2 heterocycles. The maximum Gasteiger partial charge on any atom is 0.329 e. The Kier molecular flexibility index (Phi) is 2.17. The number of carbonyl (C=O) groups is 1. The molecule has 0 aliphatic heterocycles. The van der Waals surface area contributed by atoms with E-state index in [1.165, 1.54) is 11.6 Å². The lowest BCUT2D eigenvalue weighted by Crippen LogP contribution is -2.28. The van der Waals surface area contributed by atoms with Crippen LogP contribution in [0.15, 0.2) is 9.59 Å². The van der Waals surface area contributed by atoms with Crippen molar-refractivity contribution in [2.75, 3.05) is 0 Å². The first-order valence-electron chi connectivity index (χ1n) is 4.27. The molecule has 0 bridgehead atoms. The molecular formula is C9H6N4O3. The third kappa shape index (κ3) is 1.42. The summed E-state index contributed by atoms with van der Waals surface area (Å²) in [6.45, 7) is 0. The van der Waals surface area contributed by atoms with Gasteiger partial charge in [0.15, 0.2) is 23.3 Å². The second-order valence-electron chi connectivity index (χ2n) is 2.99. The second-order valence-corrected chi connectivity index (χ2v) is 2.99. The minimum Gasteiger partial charge on any atom is -0.325 e. The highest BCUT2D eigenvalue weighted by Gasteiger charge is 2.08. The zero-order valence-electron chi connectivity index (χ0n) is 8.20.